The lowest BCUT2D eigenvalue weighted by Crippen LogP contribution is -2.44. The maximum absolute atomic E-state index is 13.3. The number of carbonyl (C=O) groups excluding carboxylic acids is 1. The quantitative estimate of drug-likeness (QED) is 0.696. The highest BCUT2D eigenvalue weighted by atomic mass is 16.3. The Morgan fingerprint density at radius 3 is 2.58 bits per heavy atom. The summed E-state index contributed by atoms with van der Waals surface area (Å²) in [5.41, 5.74) is 5.87. The number of β-amino-alcohol motifs (C(OH)–C–C–N with tert-alkyl or cyclic N) is 1. The van der Waals surface area contributed by atoms with Crippen LogP contribution in [0.25, 0.3) is 0 Å². The second-order valence-electron chi connectivity index (χ2n) is 10.1. The molecule has 0 aromatic heterocycles. The Morgan fingerprint density at radius 2 is 1.73 bits per heavy atom. The Bertz CT molecular complexity index is 969. The van der Waals surface area contributed by atoms with Gasteiger partial charge < -0.3 is 15.3 Å². The molecule has 2 N–H and O–H groups in total. The van der Waals surface area contributed by atoms with Gasteiger partial charge in [0, 0.05) is 50.0 Å². The van der Waals surface area contributed by atoms with Crippen molar-refractivity contribution in [2.24, 2.45) is 0 Å². The topological polar surface area (TPSA) is 55.8 Å². The lowest BCUT2D eigenvalue weighted by molar-refractivity contribution is 0.0513. The molecule has 1 amide bonds. The number of rotatable bonds is 6. The van der Waals surface area contributed by atoms with E-state index in [1.54, 1.807) is 0 Å². The summed E-state index contributed by atoms with van der Waals surface area (Å²) >= 11 is 0. The molecule has 1 atom stereocenters. The van der Waals surface area contributed by atoms with Gasteiger partial charge >= 0.3 is 0 Å². The van der Waals surface area contributed by atoms with Crippen LogP contribution in [0, 0.1) is 0 Å². The van der Waals surface area contributed by atoms with Gasteiger partial charge in [-0.2, -0.15) is 0 Å². The third-order valence-electron chi connectivity index (χ3n) is 7.58. The molecule has 5 nitrogen and oxygen atoms in total. The van der Waals surface area contributed by atoms with Gasteiger partial charge in [-0.3, -0.25) is 9.69 Å². The number of aliphatic hydroxyl groups is 1. The molecule has 2 aromatic carbocycles. The fourth-order valence-electron chi connectivity index (χ4n) is 5.81. The highest BCUT2D eigenvalue weighted by Crippen LogP contribution is 2.26. The van der Waals surface area contributed by atoms with Gasteiger partial charge in [-0.15, -0.1) is 0 Å². The summed E-state index contributed by atoms with van der Waals surface area (Å²) in [6.07, 6.45) is 8.79. The molecular weight excluding hydrogens is 410 g/mol. The Morgan fingerprint density at radius 1 is 0.909 bits per heavy atom. The molecule has 5 rings (SSSR count). The molecule has 2 aliphatic heterocycles. The van der Waals surface area contributed by atoms with Crippen LogP contribution in [0.5, 0.6) is 0 Å². The third-order valence-corrected chi connectivity index (χ3v) is 7.58. The Labute approximate surface area is 197 Å². The van der Waals surface area contributed by atoms with Gasteiger partial charge in [0.25, 0.3) is 5.91 Å². The van der Waals surface area contributed by atoms with E-state index in [1.165, 1.54) is 43.2 Å². The van der Waals surface area contributed by atoms with Crippen molar-refractivity contribution in [2.75, 3.05) is 31.5 Å². The monoisotopic (exact) mass is 447 g/mol. The highest BCUT2D eigenvalue weighted by molar-refractivity contribution is 5.96. The van der Waals surface area contributed by atoms with Gasteiger partial charge in [0.2, 0.25) is 0 Å². The van der Waals surface area contributed by atoms with Gasteiger partial charge in [-0.1, -0.05) is 43.5 Å². The molecule has 3 aliphatic rings. The van der Waals surface area contributed by atoms with Crippen molar-refractivity contribution >= 4 is 11.6 Å². The van der Waals surface area contributed by atoms with Crippen LogP contribution >= 0.6 is 0 Å². The van der Waals surface area contributed by atoms with Crippen molar-refractivity contribution in [3.8, 4) is 0 Å². The first kappa shape index (κ1) is 22.4. The van der Waals surface area contributed by atoms with Gasteiger partial charge in [-0.25, -0.2) is 0 Å². The number of nitrogens with zero attached hydrogens (tertiary/aromatic N) is 2. The highest BCUT2D eigenvalue weighted by Gasteiger charge is 2.26. The fourth-order valence-corrected chi connectivity index (χ4v) is 5.81. The minimum atomic E-state index is -0.534. The molecule has 0 unspecified atom stereocenters. The number of anilines is 1. The lowest BCUT2D eigenvalue weighted by atomic mass is 9.95. The van der Waals surface area contributed by atoms with E-state index in [0.29, 0.717) is 25.7 Å². The lowest BCUT2D eigenvalue weighted by Gasteiger charge is -2.32. The van der Waals surface area contributed by atoms with Gasteiger partial charge in [0.05, 0.1) is 6.10 Å². The average Bonchev–Trinajstić information content (AvgIpc) is 2.98. The molecule has 0 saturated heterocycles. The number of fused-ring (bicyclic) bond motifs is 2. The fraction of sp³-hybridized carbons (Fsp3) is 0.536. The van der Waals surface area contributed by atoms with Crippen molar-refractivity contribution in [3.05, 3.63) is 64.7 Å². The van der Waals surface area contributed by atoms with Crippen LogP contribution in [0.2, 0.25) is 0 Å². The summed E-state index contributed by atoms with van der Waals surface area (Å²) in [5.74, 6) is 0.0646. The predicted molar refractivity (Wildman–Crippen MR) is 133 cm³/mol. The molecule has 0 radical (unpaired) electrons. The van der Waals surface area contributed by atoms with Gasteiger partial charge in [0.15, 0.2) is 0 Å². The normalized spacial score (nSPS) is 20.6. The van der Waals surface area contributed by atoms with E-state index in [-0.39, 0.29) is 5.91 Å². The minimum absolute atomic E-state index is 0.0646. The van der Waals surface area contributed by atoms with Crippen LogP contribution in [-0.2, 0) is 19.4 Å². The smallest absolute Gasteiger partial charge is 0.254 e. The van der Waals surface area contributed by atoms with Crippen LogP contribution in [0.4, 0.5) is 5.69 Å². The number of amides is 1. The molecule has 1 fully saturated rings. The second kappa shape index (κ2) is 10.3. The largest absolute Gasteiger partial charge is 0.390 e. The first-order valence-corrected chi connectivity index (χ1v) is 12.8. The summed E-state index contributed by atoms with van der Waals surface area (Å²) < 4.78 is 0. The van der Waals surface area contributed by atoms with E-state index in [0.717, 1.165) is 49.2 Å². The molecule has 33 heavy (non-hydrogen) atoms. The Kier molecular flexibility index (Phi) is 6.98. The standard InChI is InChI=1S/C28H37N3O2/c32-26(19-30-16-14-21-7-4-5-8-23(21)18-30)20-31-15-6-9-22-17-25(12-13-27(22)28(31)33)29-24-10-2-1-3-11-24/h4-5,7-8,12-13,17,24,26,29,32H,1-3,6,9-11,14-16,18-20H2/t26-/m1/s1. The molecule has 0 bridgehead atoms. The summed E-state index contributed by atoms with van der Waals surface area (Å²) in [6, 6.07) is 15.4. The first-order chi connectivity index (χ1) is 16.2. The number of nitrogens with one attached hydrogen (secondary N) is 1. The zero-order valence-corrected chi connectivity index (χ0v) is 19.6. The molecule has 1 aliphatic carbocycles. The van der Waals surface area contributed by atoms with Gasteiger partial charge in [0.1, 0.15) is 0 Å². The van der Waals surface area contributed by atoms with Crippen LogP contribution in [0.1, 0.15) is 65.6 Å². The van der Waals surface area contributed by atoms with Gasteiger partial charge in [-0.05, 0) is 67.0 Å². The first-order valence-electron chi connectivity index (χ1n) is 12.8. The van der Waals surface area contributed by atoms with Crippen molar-refractivity contribution < 1.29 is 9.90 Å². The number of carbonyl (C=O) groups is 1. The zero-order chi connectivity index (χ0) is 22.6. The minimum Gasteiger partial charge on any atom is -0.390 e. The number of aryl methyl sites for hydroxylation is 1. The van der Waals surface area contributed by atoms with Crippen LogP contribution in [-0.4, -0.2) is 59.1 Å². The van der Waals surface area contributed by atoms with E-state index in [4.69, 9.17) is 0 Å². The van der Waals surface area contributed by atoms with Crippen molar-refractivity contribution in [3.63, 3.8) is 0 Å². The molecule has 176 valence electrons. The molecule has 5 heteroatoms. The van der Waals surface area contributed by atoms with Crippen molar-refractivity contribution in [1.82, 2.24) is 9.80 Å². The number of hydrogen-bond acceptors (Lipinski definition) is 4. The molecule has 0 spiro atoms. The predicted octanol–water partition coefficient (Wildman–Crippen LogP) is 4.24. The van der Waals surface area contributed by atoms with E-state index >= 15 is 0 Å². The average molecular weight is 448 g/mol. The van der Waals surface area contributed by atoms with E-state index < -0.39 is 6.10 Å². The summed E-state index contributed by atoms with van der Waals surface area (Å²) in [7, 11) is 0. The number of aliphatic hydroxyl groups excluding tert-OH is 1. The maximum Gasteiger partial charge on any atom is 0.254 e. The van der Waals surface area contributed by atoms with Crippen LogP contribution < -0.4 is 5.32 Å². The molecular formula is C28H37N3O2. The molecule has 2 heterocycles. The second-order valence-corrected chi connectivity index (χ2v) is 10.1. The maximum atomic E-state index is 13.3. The summed E-state index contributed by atoms with van der Waals surface area (Å²) in [5, 5.41) is 14.5. The van der Waals surface area contributed by atoms with E-state index in [9.17, 15) is 9.90 Å². The molecule has 2 aromatic rings. The van der Waals surface area contributed by atoms with E-state index in [1.807, 2.05) is 11.0 Å². The summed E-state index contributed by atoms with van der Waals surface area (Å²) in [4.78, 5) is 17.5. The zero-order valence-electron chi connectivity index (χ0n) is 19.6. The van der Waals surface area contributed by atoms with Crippen LogP contribution in [0.15, 0.2) is 42.5 Å². The molecule has 1 saturated carbocycles. The summed E-state index contributed by atoms with van der Waals surface area (Å²) in [6.45, 7) is 3.55. The SMILES string of the molecule is O=C1c2ccc(NC3CCCCC3)cc2CCCN1C[C@H](O)CN1CCc2ccccc2C1. The number of benzene rings is 2. The Balaban J connectivity index is 1.19. The third kappa shape index (κ3) is 5.42. The Hall–Kier alpha value is -2.37. The van der Waals surface area contributed by atoms with E-state index in [2.05, 4.69) is 46.6 Å². The van der Waals surface area contributed by atoms with Crippen LogP contribution in [0.3, 0.4) is 0 Å². The van der Waals surface area contributed by atoms with Crippen molar-refractivity contribution in [2.45, 2.75) is 70.1 Å². The van der Waals surface area contributed by atoms with Crippen molar-refractivity contribution in [1.29, 1.82) is 0 Å². The number of hydrogen-bond donors (Lipinski definition) is 2.